The van der Waals surface area contributed by atoms with Crippen LogP contribution in [0.1, 0.15) is 11.1 Å². The summed E-state index contributed by atoms with van der Waals surface area (Å²) in [6.07, 6.45) is 1.77. The lowest BCUT2D eigenvalue weighted by molar-refractivity contribution is 0.669. The van der Waals surface area contributed by atoms with Crippen LogP contribution in [-0.4, -0.2) is 24.1 Å². The highest BCUT2D eigenvalue weighted by Gasteiger charge is 2.24. The smallest absolute Gasteiger partial charge is 0.240 e. The normalized spacial score (nSPS) is 12.9. The number of aryl methyl sites for hydroxylation is 2. The summed E-state index contributed by atoms with van der Waals surface area (Å²) in [5.41, 5.74) is 9.62. The van der Waals surface area contributed by atoms with Crippen molar-refractivity contribution in [3.8, 4) is 23.3 Å². The van der Waals surface area contributed by atoms with Crippen LogP contribution in [0.15, 0.2) is 132 Å². The molecule has 0 aliphatic carbocycles. The first-order chi connectivity index (χ1) is 23.3. The van der Waals surface area contributed by atoms with E-state index in [4.69, 9.17) is 19.4 Å². The maximum Gasteiger partial charge on any atom is 0.240 e. The van der Waals surface area contributed by atoms with Crippen LogP contribution in [0.25, 0.3) is 88.8 Å². The lowest BCUT2D eigenvalue weighted by Gasteiger charge is -2.13. The van der Waals surface area contributed by atoms with E-state index in [-0.39, 0.29) is 0 Å². The third kappa shape index (κ3) is 3.41. The van der Waals surface area contributed by atoms with E-state index < -0.39 is 0 Å². The molecule has 0 saturated heterocycles. The molecule has 0 saturated carbocycles. The van der Waals surface area contributed by atoms with Crippen LogP contribution in [0.3, 0.4) is 0 Å². The third-order valence-corrected chi connectivity index (χ3v) is 9.87. The van der Waals surface area contributed by atoms with Crippen LogP contribution in [0.4, 0.5) is 0 Å². The quantitative estimate of drug-likeness (QED) is 0.187. The van der Waals surface area contributed by atoms with Crippen molar-refractivity contribution in [1.82, 2.24) is 24.1 Å². The fraction of sp³-hybridized carbons (Fsp3) is 0.0488. The van der Waals surface area contributed by atoms with Crippen molar-refractivity contribution < 1.29 is 4.42 Å². The molecule has 0 spiro atoms. The van der Waals surface area contributed by atoms with E-state index in [9.17, 15) is 0 Å². The minimum Gasteiger partial charge on any atom is -0.456 e. The number of fused-ring (bicyclic) bond motifs is 13. The molecule has 0 amide bonds. The molecule has 0 radical (unpaired) electrons. The summed E-state index contributed by atoms with van der Waals surface area (Å²) in [5, 5.41) is 6.89. The van der Waals surface area contributed by atoms with Gasteiger partial charge in [0.05, 0.1) is 22.1 Å². The van der Waals surface area contributed by atoms with E-state index in [0.29, 0.717) is 17.7 Å². The maximum absolute atomic E-state index is 6.17. The van der Waals surface area contributed by atoms with Gasteiger partial charge in [0.15, 0.2) is 5.82 Å². The van der Waals surface area contributed by atoms with Crippen LogP contribution >= 0.6 is 0 Å². The highest BCUT2D eigenvalue weighted by molar-refractivity contribution is 6.12. The summed E-state index contributed by atoms with van der Waals surface area (Å²) in [6.45, 7) is 0. The molecule has 0 fully saturated rings. The Bertz CT molecular complexity index is 2790. The number of aromatic nitrogens is 5. The third-order valence-electron chi connectivity index (χ3n) is 9.87. The monoisotopic (exact) mass is 603 g/mol. The number of hydrogen-bond acceptors (Lipinski definition) is 4. The zero-order chi connectivity index (χ0) is 30.6. The van der Waals surface area contributed by atoms with Gasteiger partial charge in [0.25, 0.3) is 0 Å². The molecular formula is C41H25N5O. The zero-order valence-electron chi connectivity index (χ0n) is 25.2. The fourth-order valence-corrected chi connectivity index (χ4v) is 7.82. The Labute approximate surface area is 268 Å². The minimum atomic E-state index is 0.603. The first-order valence-corrected chi connectivity index (χ1v) is 16.0. The Balaban J connectivity index is 1.31. The Morgan fingerprint density at radius 2 is 0.979 bits per heavy atom. The fourth-order valence-electron chi connectivity index (χ4n) is 7.82. The summed E-state index contributed by atoms with van der Waals surface area (Å²) in [6, 6.07) is 44.8. The van der Waals surface area contributed by atoms with Crippen molar-refractivity contribution in [2.75, 3.05) is 0 Å². The standard InChI is InChI=1S/C41H25N5O/c1-4-16-33-27(11-1)30-14-7-9-24-19-20-25-10-8-15-31-28-12-2-5-17-34(28)46(38(25)31)41-43-39(42-40(44-41)45(33)37(24)30)26-21-22-36-32(23-26)29-13-3-6-18-35(29)47-36/h1-18,21-23H,19-20H2. The predicted octanol–water partition coefficient (Wildman–Crippen LogP) is 9.73. The van der Waals surface area contributed by atoms with Crippen LogP contribution in [-0.2, 0) is 12.8 Å². The van der Waals surface area contributed by atoms with E-state index in [2.05, 4.69) is 112 Å². The lowest BCUT2D eigenvalue weighted by atomic mass is 10.00. The van der Waals surface area contributed by atoms with Crippen molar-refractivity contribution in [3.63, 3.8) is 0 Å². The molecule has 220 valence electrons. The summed E-state index contributed by atoms with van der Waals surface area (Å²) in [4.78, 5) is 15.9. The number of hydrogen-bond donors (Lipinski definition) is 0. The number of benzene rings is 6. The van der Waals surface area contributed by atoms with Crippen molar-refractivity contribution in [2.45, 2.75) is 12.8 Å². The molecule has 11 rings (SSSR count). The van der Waals surface area contributed by atoms with Crippen molar-refractivity contribution in [1.29, 1.82) is 0 Å². The number of rotatable bonds is 1. The second kappa shape index (κ2) is 9.14. The van der Waals surface area contributed by atoms with Gasteiger partial charge in [-0.2, -0.15) is 15.0 Å². The van der Waals surface area contributed by atoms with Crippen LogP contribution in [0, 0.1) is 0 Å². The molecule has 5 heterocycles. The van der Waals surface area contributed by atoms with Crippen LogP contribution < -0.4 is 0 Å². The first kappa shape index (κ1) is 25.0. The minimum absolute atomic E-state index is 0.603. The van der Waals surface area contributed by atoms with Crippen LogP contribution in [0.5, 0.6) is 0 Å². The van der Waals surface area contributed by atoms with Gasteiger partial charge in [0.1, 0.15) is 11.2 Å². The van der Waals surface area contributed by atoms with Gasteiger partial charge in [-0.25, -0.2) is 0 Å². The molecular weight excluding hydrogens is 578 g/mol. The van der Waals surface area contributed by atoms with E-state index >= 15 is 0 Å². The highest BCUT2D eigenvalue weighted by atomic mass is 16.3. The van der Waals surface area contributed by atoms with Gasteiger partial charge in [-0.3, -0.25) is 9.13 Å². The van der Waals surface area contributed by atoms with E-state index in [1.165, 1.54) is 32.7 Å². The number of para-hydroxylation sites is 5. The molecule has 4 aromatic heterocycles. The molecule has 1 aliphatic heterocycles. The van der Waals surface area contributed by atoms with Gasteiger partial charge in [0, 0.05) is 37.9 Å². The van der Waals surface area contributed by atoms with E-state index in [1.807, 2.05) is 24.3 Å². The number of nitrogens with zero attached hydrogens (tertiary/aromatic N) is 5. The summed E-state index contributed by atoms with van der Waals surface area (Å²) in [7, 11) is 0. The van der Waals surface area contributed by atoms with Crippen molar-refractivity contribution in [2.24, 2.45) is 0 Å². The molecule has 6 heteroatoms. The van der Waals surface area contributed by atoms with E-state index in [0.717, 1.165) is 62.4 Å². The van der Waals surface area contributed by atoms with Gasteiger partial charge in [-0.1, -0.05) is 91.0 Å². The topological polar surface area (TPSA) is 61.7 Å². The second-order valence-electron chi connectivity index (χ2n) is 12.4. The predicted molar refractivity (Wildman–Crippen MR) is 189 cm³/mol. The Morgan fingerprint density at radius 1 is 0.447 bits per heavy atom. The van der Waals surface area contributed by atoms with Crippen LogP contribution in [0.2, 0.25) is 0 Å². The maximum atomic E-state index is 6.17. The second-order valence-corrected chi connectivity index (χ2v) is 12.4. The van der Waals surface area contributed by atoms with Gasteiger partial charge in [0.2, 0.25) is 11.9 Å². The molecule has 10 aromatic rings. The molecule has 6 nitrogen and oxygen atoms in total. The Kier molecular flexibility index (Phi) is 4.86. The summed E-state index contributed by atoms with van der Waals surface area (Å²) in [5.74, 6) is 1.82. The SMILES string of the molecule is c1ccc2c(c1)oc1ccc(-c3nc4nc(n3)-n3c5ccccc5c5cccc(c53)CCc3cccc5c6ccccc6n-4c35)cc12. The molecule has 0 unspecified atom stereocenters. The van der Waals surface area contributed by atoms with Gasteiger partial charge < -0.3 is 4.42 Å². The average molecular weight is 604 g/mol. The Morgan fingerprint density at radius 3 is 1.62 bits per heavy atom. The largest absolute Gasteiger partial charge is 0.456 e. The molecule has 0 N–H and O–H groups in total. The molecule has 47 heavy (non-hydrogen) atoms. The molecule has 1 aliphatic rings. The van der Waals surface area contributed by atoms with Crippen molar-refractivity contribution >= 4 is 65.6 Å². The van der Waals surface area contributed by atoms with Crippen molar-refractivity contribution in [3.05, 3.63) is 139 Å². The van der Waals surface area contributed by atoms with Gasteiger partial charge >= 0.3 is 0 Å². The summed E-state index contributed by atoms with van der Waals surface area (Å²) >= 11 is 0. The highest BCUT2D eigenvalue weighted by Crippen LogP contribution is 2.39. The summed E-state index contributed by atoms with van der Waals surface area (Å²) < 4.78 is 10.7. The molecule has 0 atom stereocenters. The zero-order valence-corrected chi connectivity index (χ0v) is 25.2. The van der Waals surface area contributed by atoms with E-state index in [1.54, 1.807) is 0 Å². The Hall–Kier alpha value is -6.27. The van der Waals surface area contributed by atoms with Gasteiger partial charge in [-0.15, -0.1) is 0 Å². The van der Waals surface area contributed by atoms with Gasteiger partial charge in [-0.05, 0) is 60.4 Å². The average Bonchev–Trinajstić information content (AvgIpc) is 3.78. The molecule has 6 aromatic carbocycles. The first-order valence-electron chi connectivity index (χ1n) is 16.0. The number of furan rings is 1. The lowest BCUT2D eigenvalue weighted by Crippen LogP contribution is -2.10. The molecule has 2 bridgehead atoms.